The Labute approximate surface area is 200 Å². The van der Waals surface area contributed by atoms with Crippen molar-refractivity contribution in [1.29, 1.82) is 0 Å². The van der Waals surface area contributed by atoms with Gasteiger partial charge in [0.1, 0.15) is 17.6 Å². The molecule has 3 aromatic rings. The van der Waals surface area contributed by atoms with Crippen LogP contribution in [0.2, 0.25) is 0 Å². The van der Waals surface area contributed by atoms with Crippen LogP contribution in [-0.4, -0.2) is 47.4 Å². The topological polar surface area (TPSA) is 45.6 Å². The second-order valence-electron chi connectivity index (χ2n) is 9.19. The van der Waals surface area contributed by atoms with E-state index in [0.29, 0.717) is 12.2 Å². The highest BCUT2D eigenvalue weighted by Crippen LogP contribution is 2.40. The quantitative estimate of drug-likeness (QED) is 0.479. The molecule has 1 aliphatic heterocycles. The largest absolute Gasteiger partial charge is 0.508 e. The lowest BCUT2D eigenvalue weighted by molar-refractivity contribution is 0.198. The average Bonchev–Trinajstić information content (AvgIpc) is 3.22. The number of aryl methyl sites for hydroxylation is 1. The maximum atomic E-state index is 12.5. The standard InChI is InChI=1S/C29H31FN2O2/c30-14-3-16-32-17-13-26(20-32)34-25-10-7-21(8-11-25)29-27(23-5-2-15-31-19-23)6-1-4-22-18-24(33)9-12-28(22)29/h2,5,7-12,15,18-19,26,33H,1,3-4,6,13-14,16-17,20H2/t26-/m0/s1. The van der Waals surface area contributed by atoms with Crippen LogP contribution < -0.4 is 4.74 Å². The Bertz CT molecular complexity index is 1140. The zero-order chi connectivity index (χ0) is 23.3. The Morgan fingerprint density at radius 3 is 2.74 bits per heavy atom. The third-order valence-corrected chi connectivity index (χ3v) is 6.83. The molecule has 0 saturated carbocycles. The number of benzene rings is 2. The van der Waals surface area contributed by atoms with E-state index in [1.807, 2.05) is 24.4 Å². The van der Waals surface area contributed by atoms with Gasteiger partial charge in [-0.05, 0) is 95.8 Å². The van der Waals surface area contributed by atoms with E-state index in [9.17, 15) is 9.50 Å². The highest BCUT2D eigenvalue weighted by Gasteiger charge is 2.24. The fourth-order valence-corrected chi connectivity index (χ4v) is 5.21. The lowest BCUT2D eigenvalue weighted by atomic mass is 9.88. The Morgan fingerprint density at radius 1 is 1.06 bits per heavy atom. The molecule has 1 saturated heterocycles. The van der Waals surface area contributed by atoms with Gasteiger partial charge in [-0.25, -0.2) is 0 Å². The highest BCUT2D eigenvalue weighted by molar-refractivity contribution is 5.99. The number of hydrogen-bond donors (Lipinski definition) is 1. The molecular formula is C29H31FN2O2. The number of aromatic nitrogens is 1. The van der Waals surface area contributed by atoms with Gasteiger partial charge in [-0.1, -0.05) is 24.3 Å². The van der Waals surface area contributed by atoms with Gasteiger partial charge >= 0.3 is 0 Å². The fraction of sp³-hybridized carbons (Fsp3) is 0.345. The van der Waals surface area contributed by atoms with Gasteiger partial charge in [0, 0.05) is 32.0 Å². The summed E-state index contributed by atoms with van der Waals surface area (Å²) in [6.45, 7) is 2.36. The zero-order valence-corrected chi connectivity index (χ0v) is 19.4. The highest BCUT2D eigenvalue weighted by atomic mass is 19.1. The number of alkyl halides is 1. The second kappa shape index (κ2) is 10.4. The molecule has 1 aliphatic carbocycles. The number of ether oxygens (including phenoxy) is 1. The van der Waals surface area contributed by atoms with Crippen molar-refractivity contribution >= 4 is 11.1 Å². The number of rotatable bonds is 7. The normalized spacial score (nSPS) is 18.6. The summed E-state index contributed by atoms with van der Waals surface area (Å²) in [5.74, 6) is 1.17. The lowest BCUT2D eigenvalue weighted by Gasteiger charge is -2.18. The van der Waals surface area contributed by atoms with Crippen molar-refractivity contribution in [2.45, 2.75) is 38.2 Å². The Morgan fingerprint density at radius 2 is 1.94 bits per heavy atom. The maximum Gasteiger partial charge on any atom is 0.119 e. The number of pyridine rings is 1. The molecule has 2 aliphatic rings. The van der Waals surface area contributed by atoms with E-state index in [0.717, 1.165) is 62.2 Å². The molecule has 2 heterocycles. The Balaban J connectivity index is 1.45. The predicted molar refractivity (Wildman–Crippen MR) is 134 cm³/mol. The first-order valence-electron chi connectivity index (χ1n) is 12.2. The van der Waals surface area contributed by atoms with Crippen molar-refractivity contribution in [2.75, 3.05) is 26.3 Å². The van der Waals surface area contributed by atoms with Gasteiger partial charge < -0.3 is 9.84 Å². The summed E-state index contributed by atoms with van der Waals surface area (Å²) < 4.78 is 18.7. The fourth-order valence-electron chi connectivity index (χ4n) is 5.21. The molecule has 0 unspecified atom stereocenters. The van der Waals surface area contributed by atoms with Crippen LogP contribution in [0.1, 0.15) is 47.9 Å². The van der Waals surface area contributed by atoms with Gasteiger partial charge in [-0.2, -0.15) is 0 Å². The average molecular weight is 459 g/mol. The summed E-state index contributed by atoms with van der Waals surface area (Å²) >= 11 is 0. The monoisotopic (exact) mass is 458 g/mol. The molecule has 1 atom stereocenters. The summed E-state index contributed by atoms with van der Waals surface area (Å²) in [5.41, 5.74) is 7.10. The van der Waals surface area contributed by atoms with Crippen molar-refractivity contribution in [3.8, 4) is 11.5 Å². The summed E-state index contributed by atoms with van der Waals surface area (Å²) in [4.78, 5) is 6.65. The molecule has 1 aromatic heterocycles. The van der Waals surface area contributed by atoms with E-state index in [1.165, 1.54) is 22.3 Å². The number of allylic oxidation sites excluding steroid dienone is 1. The van der Waals surface area contributed by atoms with Gasteiger partial charge in [0.15, 0.2) is 0 Å². The molecule has 5 rings (SSSR count). The minimum Gasteiger partial charge on any atom is -0.508 e. The Kier molecular flexibility index (Phi) is 6.91. The minimum atomic E-state index is -0.261. The molecule has 1 fully saturated rings. The third kappa shape index (κ3) is 5.00. The number of phenols is 1. The number of nitrogens with zero attached hydrogens (tertiary/aromatic N) is 2. The van der Waals surface area contributed by atoms with Crippen LogP contribution in [0.15, 0.2) is 67.0 Å². The molecule has 34 heavy (non-hydrogen) atoms. The number of likely N-dealkylation sites (tertiary alicyclic amines) is 1. The molecule has 0 spiro atoms. The molecule has 5 heteroatoms. The van der Waals surface area contributed by atoms with Crippen molar-refractivity contribution in [3.05, 3.63) is 89.2 Å². The van der Waals surface area contributed by atoms with Crippen LogP contribution in [0.25, 0.3) is 11.1 Å². The first kappa shape index (κ1) is 22.6. The summed E-state index contributed by atoms with van der Waals surface area (Å²) in [6, 6.07) is 18.2. The number of halogens is 1. The first-order chi connectivity index (χ1) is 16.7. The van der Waals surface area contributed by atoms with Crippen LogP contribution in [0, 0.1) is 0 Å². The smallest absolute Gasteiger partial charge is 0.119 e. The van der Waals surface area contributed by atoms with Crippen LogP contribution in [0.3, 0.4) is 0 Å². The zero-order valence-electron chi connectivity index (χ0n) is 19.4. The van der Waals surface area contributed by atoms with Crippen molar-refractivity contribution in [2.24, 2.45) is 0 Å². The predicted octanol–water partition coefficient (Wildman–Crippen LogP) is 5.90. The molecule has 0 radical (unpaired) electrons. The van der Waals surface area contributed by atoms with Gasteiger partial charge in [-0.15, -0.1) is 0 Å². The third-order valence-electron chi connectivity index (χ3n) is 6.83. The molecule has 0 amide bonds. The number of phenolic OH excluding ortho intramolecular Hbond substituents is 1. The van der Waals surface area contributed by atoms with E-state index >= 15 is 0 Å². The van der Waals surface area contributed by atoms with Crippen LogP contribution in [-0.2, 0) is 6.42 Å². The second-order valence-corrected chi connectivity index (χ2v) is 9.19. The van der Waals surface area contributed by atoms with E-state index in [-0.39, 0.29) is 12.8 Å². The van der Waals surface area contributed by atoms with Gasteiger partial charge in [0.05, 0.1) is 6.67 Å². The van der Waals surface area contributed by atoms with E-state index in [1.54, 1.807) is 12.3 Å². The summed E-state index contributed by atoms with van der Waals surface area (Å²) in [6.07, 6.45) is 8.36. The van der Waals surface area contributed by atoms with Gasteiger partial charge in [0.2, 0.25) is 0 Å². The molecule has 176 valence electrons. The van der Waals surface area contributed by atoms with E-state index in [4.69, 9.17) is 4.74 Å². The van der Waals surface area contributed by atoms with Crippen LogP contribution in [0.4, 0.5) is 4.39 Å². The van der Waals surface area contributed by atoms with Crippen molar-refractivity contribution in [3.63, 3.8) is 0 Å². The summed E-state index contributed by atoms with van der Waals surface area (Å²) in [5, 5.41) is 10.1. The van der Waals surface area contributed by atoms with E-state index < -0.39 is 0 Å². The molecule has 1 N–H and O–H groups in total. The molecular weight excluding hydrogens is 427 g/mol. The first-order valence-corrected chi connectivity index (χ1v) is 12.2. The number of hydrogen-bond acceptors (Lipinski definition) is 4. The molecule has 2 aromatic carbocycles. The lowest BCUT2D eigenvalue weighted by Crippen LogP contribution is -2.26. The van der Waals surface area contributed by atoms with Gasteiger partial charge in [-0.3, -0.25) is 14.3 Å². The van der Waals surface area contributed by atoms with Crippen LogP contribution in [0.5, 0.6) is 11.5 Å². The van der Waals surface area contributed by atoms with Gasteiger partial charge in [0.25, 0.3) is 0 Å². The SMILES string of the molecule is Oc1ccc2c(c1)CCCC(c1cccnc1)=C2c1ccc(O[C@H]2CCN(CCCF)C2)cc1. The summed E-state index contributed by atoms with van der Waals surface area (Å²) in [7, 11) is 0. The number of aromatic hydroxyl groups is 1. The number of fused-ring (bicyclic) bond motifs is 1. The van der Waals surface area contributed by atoms with Crippen molar-refractivity contribution < 1.29 is 14.2 Å². The van der Waals surface area contributed by atoms with E-state index in [2.05, 4.69) is 40.2 Å². The van der Waals surface area contributed by atoms with Crippen molar-refractivity contribution in [1.82, 2.24) is 9.88 Å². The maximum absolute atomic E-state index is 12.5. The Hall–Kier alpha value is -3.18. The van der Waals surface area contributed by atoms with Crippen LogP contribution >= 0.6 is 0 Å². The molecule has 0 bridgehead atoms. The molecule has 4 nitrogen and oxygen atoms in total. The minimum absolute atomic E-state index is 0.150.